The Morgan fingerprint density at radius 1 is 1.04 bits per heavy atom. The minimum atomic E-state index is -0.343. The minimum absolute atomic E-state index is 0.0691. The SMILES string of the molecule is O=C1CC(c2ccccc2)N(C(=O)c2ccc(-c3ccccc3Cl)o2)CCN1. The van der Waals surface area contributed by atoms with E-state index in [1.807, 2.05) is 48.5 Å². The summed E-state index contributed by atoms with van der Waals surface area (Å²) in [4.78, 5) is 27.0. The van der Waals surface area contributed by atoms with Gasteiger partial charge in [0.05, 0.1) is 17.5 Å². The number of nitrogens with zero attached hydrogens (tertiary/aromatic N) is 1. The second-order valence-electron chi connectivity index (χ2n) is 6.62. The van der Waals surface area contributed by atoms with Crippen molar-refractivity contribution in [2.75, 3.05) is 13.1 Å². The van der Waals surface area contributed by atoms with E-state index in [0.717, 1.165) is 11.1 Å². The van der Waals surface area contributed by atoms with E-state index < -0.39 is 0 Å². The van der Waals surface area contributed by atoms with E-state index in [1.165, 1.54) is 0 Å². The summed E-state index contributed by atoms with van der Waals surface area (Å²) in [6.07, 6.45) is 0.216. The van der Waals surface area contributed by atoms with Gasteiger partial charge < -0.3 is 14.6 Å². The first-order valence-electron chi connectivity index (χ1n) is 9.11. The molecule has 1 saturated heterocycles. The number of nitrogens with one attached hydrogen (secondary N) is 1. The fourth-order valence-corrected chi connectivity index (χ4v) is 3.67. The van der Waals surface area contributed by atoms with E-state index in [2.05, 4.69) is 5.32 Å². The number of carbonyl (C=O) groups excluding carboxylic acids is 2. The standard InChI is InChI=1S/C22H19ClN2O3/c23-17-9-5-4-8-16(17)19-10-11-20(28-19)22(27)25-13-12-24-21(26)14-18(25)15-6-2-1-3-7-15/h1-11,18H,12-14H2,(H,24,26). The van der Waals surface area contributed by atoms with E-state index in [1.54, 1.807) is 23.1 Å². The summed E-state index contributed by atoms with van der Waals surface area (Å²) in [6.45, 7) is 0.818. The summed E-state index contributed by atoms with van der Waals surface area (Å²) < 4.78 is 5.84. The largest absolute Gasteiger partial charge is 0.451 e. The van der Waals surface area contributed by atoms with Gasteiger partial charge in [-0.1, -0.05) is 54.1 Å². The number of furan rings is 1. The predicted molar refractivity (Wildman–Crippen MR) is 107 cm³/mol. The van der Waals surface area contributed by atoms with Gasteiger partial charge >= 0.3 is 0 Å². The van der Waals surface area contributed by atoms with Crippen molar-refractivity contribution in [2.45, 2.75) is 12.5 Å². The molecule has 0 radical (unpaired) electrons. The number of hydrogen-bond acceptors (Lipinski definition) is 3. The van der Waals surface area contributed by atoms with Crippen molar-refractivity contribution in [2.24, 2.45) is 0 Å². The Hall–Kier alpha value is -3.05. The summed E-state index contributed by atoms with van der Waals surface area (Å²) in [5.74, 6) is 0.448. The maximum atomic E-state index is 13.2. The van der Waals surface area contributed by atoms with Gasteiger partial charge in [-0.15, -0.1) is 0 Å². The Morgan fingerprint density at radius 3 is 2.57 bits per heavy atom. The number of amides is 2. The first-order valence-corrected chi connectivity index (χ1v) is 9.48. The maximum absolute atomic E-state index is 13.2. The van der Waals surface area contributed by atoms with Gasteiger partial charge in [-0.3, -0.25) is 9.59 Å². The zero-order valence-electron chi connectivity index (χ0n) is 15.1. The second-order valence-corrected chi connectivity index (χ2v) is 7.03. The average Bonchev–Trinajstić information content (AvgIpc) is 3.12. The van der Waals surface area contributed by atoms with Gasteiger partial charge in [0.25, 0.3) is 5.91 Å². The molecule has 142 valence electrons. The van der Waals surface area contributed by atoms with Crippen LogP contribution in [0.3, 0.4) is 0 Å². The van der Waals surface area contributed by atoms with Gasteiger partial charge in [0.2, 0.25) is 5.91 Å². The van der Waals surface area contributed by atoms with Crippen molar-refractivity contribution < 1.29 is 14.0 Å². The first kappa shape index (κ1) is 18.3. The quantitative estimate of drug-likeness (QED) is 0.720. The van der Waals surface area contributed by atoms with Crippen LogP contribution in [0.4, 0.5) is 0 Å². The van der Waals surface area contributed by atoms with Gasteiger partial charge in [0.1, 0.15) is 5.76 Å². The van der Waals surface area contributed by atoms with E-state index in [-0.39, 0.29) is 30.0 Å². The third kappa shape index (κ3) is 3.66. The van der Waals surface area contributed by atoms with Crippen molar-refractivity contribution in [3.63, 3.8) is 0 Å². The molecule has 2 heterocycles. The van der Waals surface area contributed by atoms with Crippen LogP contribution in [0.1, 0.15) is 28.6 Å². The van der Waals surface area contributed by atoms with Gasteiger partial charge in [-0.05, 0) is 29.8 Å². The lowest BCUT2D eigenvalue weighted by molar-refractivity contribution is -0.121. The first-order chi connectivity index (χ1) is 13.6. The highest BCUT2D eigenvalue weighted by Crippen LogP contribution is 2.31. The number of halogens is 1. The summed E-state index contributed by atoms with van der Waals surface area (Å²) in [6, 6.07) is 20.0. The summed E-state index contributed by atoms with van der Waals surface area (Å²) in [5, 5.41) is 3.40. The molecule has 0 aliphatic carbocycles. The molecule has 1 atom stereocenters. The molecule has 5 nitrogen and oxygen atoms in total. The summed E-state index contributed by atoms with van der Waals surface area (Å²) in [5.41, 5.74) is 1.65. The topological polar surface area (TPSA) is 62.6 Å². The highest BCUT2D eigenvalue weighted by atomic mass is 35.5. The van der Waals surface area contributed by atoms with Crippen LogP contribution in [0.15, 0.2) is 71.1 Å². The van der Waals surface area contributed by atoms with Crippen LogP contribution >= 0.6 is 11.6 Å². The molecule has 2 aromatic carbocycles. The molecule has 1 N–H and O–H groups in total. The normalized spacial score (nSPS) is 17.1. The highest BCUT2D eigenvalue weighted by molar-refractivity contribution is 6.33. The number of benzene rings is 2. The van der Waals surface area contributed by atoms with E-state index >= 15 is 0 Å². The number of rotatable bonds is 3. The lowest BCUT2D eigenvalue weighted by atomic mass is 10.0. The second kappa shape index (κ2) is 7.90. The zero-order chi connectivity index (χ0) is 19.5. The minimum Gasteiger partial charge on any atom is -0.451 e. The molecule has 1 unspecified atom stereocenters. The Labute approximate surface area is 167 Å². The van der Waals surface area contributed by atoms with Gasteiger partial charge in [-0.2, -0.15) is 0 Å². The Kier molecular flexibility index (Phi) is 5.17. The lowest BCUT2D eigenvalue weighted by Gasteiger charge is -2.28. The molecule has 28 heavy (non-hydrogen) atoms. The highest BCUT2D eigenvalue weighted by Gasteiger charge is 2.31. The van der Waals surface area contributed by atoms with E-state index in [4.69, 9.17) is 16.0 Å². The molecule has 2 amide bonds. The van der Waals surface area contributed by atoms with Crippen molar-refractivity contribution in [3.8, 4) is 11.3 Å². The molecule has 1 aromatic heterocycles. The molecular weight excluding hydrogens is 376 g/mol. The van der Waals surface area contributed by atoms with Crippen LogP contribution in [0, 0.1) is 0 Å². The Morgan fingerprint density at radius 2 is 1.79 bits per heavy atom. The summed E-state index contributed by atoms with van der Waals surface area (Å²) in [7, 11) is 0. The van der Waals surface area contributed by atoms with Crippen molar-refractivity contribution >= 4 is 23.4 Å². The fourth-order valence-electron chi connectivity index (χ4n) is 3.45. The van der Waals surface area contributed by atoms with Crippen LogP contribution in [-0.2, 0) is 4.79 Å². The zero-order valence-corrected chi connectivity index (χ0v) is 15.9. The Bertz CT molecular complexity index is 1000. The van der Waals surface area contributed by atoms with Crippen LogP contribution in [-0.4, -0.2) is 29.8 Å². The maximum Gasteiger partial charge on any atom is 0.290 e. The van der Waals surface area contributed by atoms with E-state index in [0.29, 0.717) is 23.9 Å². The van der Waals surface area contributed by atoms with Gasteiger partial charge in [0.15, 0.2) is 5.76 Å². The predicted octanol–water partition coefficient (Wildman–Crippen LogP) is 4.30. The number of hydrogen-bond donors (Lipinski definition) is 1. The third-order valence-electron chi connectivity index (χ3n) is 4.83. The fraction of sp³-hybridized carbons (Fsp3) is 0.182. The Balaban J connectivity index is 1.65. The van der Waals surface area contributed by atoms with Gasteiger partial charge in [0, 0.05) is 18.7 Å². The van der Waals surface area contributed by atoms with Crippen LogP contribution in [0.5, 0.6) is 0 Å². The lowest BCUT2D eigenvalue weighted by Crippen LogP contribution is -2.36. The van der Waals surface area contributed by atoms with Crippen LogP contribution in [0.25, 0.3) is 11.3 Å². The van der Waals surface area contributed by atoms with Crippen LogP contribution in [0.2, 0.25) is 5.02 Å². The van der Waals surface area contributed by atoms with Crippen molar-refractivity contribution in [3.05, 3.63) is 83.1 Å². The summed E-state index contributed by atoms with van der Waals surface area (Å²) >= 11 is 6.24. The third-order valence-corrected chi connectivity index (χ3v) is 5.16. The average molecular weight is 395 g/mol. The smallest absolute Gasteiger partial charge is 0.290 e. The molecule has 1 aliphatic rings. The van der Waals surface area contributed by atoms with Crippen molar-refractivity contribution in [1.82, 2.24) is 10.2 Å². The van der Waals surface area contributed by atoms with Crippen LogP contribution < -0.4 is 5.32 Å². The van der Waals surface area contributed by atoms with Gasteiger partial charge in [-0.25, -0.2) is 0 Å². The molecule has 6 heteroatoms. The van der Waals surface area contributed by atoms with Crippen molar-refractivity contribution in [1.29, 1.82) is 0 Å². The molecule has 0 bridgehead atoms. The monoisotopic (exact) mass is 394 g/mol. The molecule has 1 aliphatic heterocycles. The molecule has 1 fully saturated rings. The number of carbonyl (C=O) groups is 2. The molecule has 0 spiro atoms. The molecule has 3 aromatic rings. The molecule has 0 saturated carbocycles. The molecule has 4 rings (SSSR count). The van der Waals surface area contributed by atoms with E-state index in [9.17, 15) is 9.59 Å². The molecular formula is C22H19ClN2O3.